The summed E-state index contributed by atoms with van der Waals surface area (Å²) in [7, 11) is 0. The first-order valence-electron chi connectivity index (χ1n) is 13.1. The maximum atomic E-state index is 12.9. The molecule has 2 aliphatic heterocycles. The van der Waals surface area contributed by atoms with Crippen LogP contribution >= 0.6 is 0 Å². The van der Waals surface area contributed by atoms with Crippen LogP contribution < -0.4 is 5.73 Å². The fraction of sp³-hybridized carbons (Fsp3) is 0.667. The first kappa shape index (κ1) is 24.7. The van der Waals surface area contributed by atoms with Crippen LogP contribution in [0.3, 0.4) is 0 Å². The first-order chi connectivity index (χ1) is 16.4. The van der Waals surface area contributed by atoms with Gasteiger partial charge in [-0.25, -0.2) is 0 Å². The molecule has 0 spiro atoms. The lowest BCUT2D eigenvalue weighted by molar-refractivity contribution is -0.141. The van der Waals surface area contributed by atoms with Crippen molar-refractivity contribution in [2.75, 3.05) is 19.6 Å². The summed E-state index contributed by atoms with van der Waals surface area (Å²) in [6, 6.07) is 8.75. The molecule has 1 aliphatic carbocycles. The summed E-state index contributed by atoms with van der Waals surface area (Å²) in [5.41, 5.74) is 7.27. The van der Waals surface area contributed by atoms with E-state index in [-0.39, 0.29) is 24.7 Å². The van der Waals surface area contributed by atoms with Crippen LogP contribution in [0.4, 0.5) is 0 Å². The molecule has 34 heavy (non-hydrogen) atoms. The molecule has 2 atom stereocenters. The van der Waals surface area contributed by atoms with Crippen LogP contribution in [0, 0.1) is 5.92 Å². The van der Waals surface area contributed by atoms with E-state index in [1.54, 1.807) is 6.07 Å². The molecule has 0 radical (unpaired) electrons. The van der Waals surface area contributed by atoms with Gasteiger partial charge in [0, 0.05) is 43.7 Å². The number of hydrogen-bond acceptors (Lipinski definition) is 4. The van der Waals surface area contributed by atoms with Gasteiger partial charge in [0.15, 0.2) is 0 Å². The minimum atomic E-state index is -0.911. The second-order valence-electron chi connectivity index (χ2n) is 10.5. The molecule has 1 saturated carbocycles. The number of nitrogens with two attached hydrogens (primary N) is 1. The topological polar surface area (TPSA) is 104 Å². The van der Waals surface area contributed by atoms with Gasteiger partial charge >= 0.3 is 5.97 Å². The summed E-state index contributed by atoms with van der Waals surface area (Å²) >= 11 is 0. The van der Waals surface area contributed by atoms with Gasteiger partial charge in [-0.15, -0.1) is 0 Å². The number of carboxylic acids is 1. The van der Waals surface area contributed by atoms with Crippen LogP contribution in [-0.4, -0.2) is 64.4 Å². The van der Waals surface area contributed by atoms with Crippen molar-refractivity contribution in [2.45, 2.75) is 88.6 Å². The van der Waals surface area contributed by atoms with Crippen molar-refractivity contribution in [1.29, 1.82) is 0 Å². The van der Waals surface area contributed by atoms with E-state index in [9.17, 15) is 14.4 Å². The fourth-order valence-electron chi connectivity index (χ4n) is 6.46. The lowest BCUT2D eigenvalue weighted by atomic mass is 9.84. The minimum Gasteiger partial charge on any atom is -0.481 e. The highest BCUT2D eigenvalue weighted by atomic mass is 16.4. The van der Waals surface area contributed by atoms with Gasteiger partial charge in [0.1, 0.15) is 0 Å². The monoisotopic (exact) mass is 469 g/mol. The number of benzene rings is 1. The molecule has 4 rings (SSSR count). The van der Waals surface area contributed by atoms with Gasteiger partial charge in [-0.1, -0.05) is 31.4 Å². The Bertz CT molecular complexity index is 868. The van der Waals surface area contributed by atoms with Crippen LogP contribution in [0.5, 0.6) is 0 Å². The van der Waals surface area contributed by atoms with Gasteiger partial charge in [-0.05, 0) is 68.1 Å². The van der Waals surface area contributed by atoms with E-state index in [1.807, 2.05) is 17.0 Å². The second-order valence-corrected chi connectivity index (χ2v) is 10.5. The average Bonchev–Trinajstić information content (AvgIpc) is 3.07. The number of fused-ring (bicyclic) bond motifs is 2. The molecule has 186 valence electrons. The summed E-state index contributed by atoms with van der Waals surface area (Å²) in [5.74, 6) is -0.330. The average molecular weight is 470 g/mol. The highest BCUT2D eigenvalue weighted by Crippen LogP contribution is 2.43. The number of piperidine rings is 1. The first-order valence-corrected chi connectivity index (χ1v) is 13.1. The summed E-state index contributed by atoms with van der Waals surface area (Å²) in [5, 5.41) is 9.04. The lowest BCUT2D eigenvalue weighted by Crippen LogP contribution is -2.47. The SMILES string of the molecule is NC(=O)c1cccc(C2CC3CCC(C2)N3CCN(CC2CCCCC2)C(=O)CCC(=O)O)c1. The maximum absolute atomic E-state index is 12.9. The molecule has 3 fully saturated rings. The van der Waals surface area contributed by atoms with Crippen molar-refractivity contribution in [2.24, 2.45) is 11.7 Å². The third-order valence-electron chi connectivity index (χ3n) is 8.26. The molecule has 2 saturated heterocycles. The van der Waals surface area contributed by atoms with Crippen molar-refractivity contribution in [3.8, 4) is 0 Å². The Kier molecular flexibility index (Phi) is 8.24. The zero-order chi connectivity index (χ0) is 24.1. The highest BCUT2D eigenvalue weighted by molar-refractivity contribution is 5.92. The van der Waals surface area contributed by atoms with Crippen molar-refractivity contribution in [3.05, 3.63) is 35.4 Å². The number of primary amides is 1. The normalized spacial score (nSPS) is 25.2. The molecule has 2 unspecified atom stereocenters. The molecule has 2 heterocycles. The van der Waals surface area contributed by atoms with Crippen LogP contribution in [0.2, 0.25) is 0 Å². The number of carboxylic acid groups (broad SMARTS) is 1. The minimum absolute atomic E-state index is 0.0153. The Morgan fingerprint density at radius 2 is 1.71 bits per heavy atom. The molecule has 3 N–H and O–H groups in total. The van der Waals surface area contributed by atoms with Gasteiger partial charge in [-0.2, -0.15) is 0 Å². The predicted molar refractivity (Wildman–Crippen MR) is 130 cm³/mol. The Labute approximate surface area is 202 Å². The molecule has 7 heteroatoms. The lowest BCUT2D eigenvalue weighted by Gasteiger charge is -2.40. The molecule has 1 aromatic carbocycles. The highest BCUT2D eigenvalue weighted by Gasteiger charge is 2.41. The number of amides is 2. The number of carbonyl (C=O) groups is 3. The summed E-state index contributed by atoms with van der Waals surface area (Å²) in [6.07, 6.45) is 10.6. The van der Waals surface area contributed by atoms with Crippen LogP contribution in [0.1, 0.15) is 92.5 Å². The summed E-state index contributed by atoms with van der Waals surface area (Å²) in [6.45, 7) is 2.31. The fourth-order valence-corrected chi connectivity index (χ4v) is 6.46. The summed E-state index contributed by atoms with van der Waals surface area (Å²) < 4.78 is 0. The van der Waals surface area contributed by atoms with Crippen molar-refractivity contribution in [1.82, 2.24) is 9.80 Å². The van der Waals surface area contributed by atoms with Crippen LogP contribution in [-0.2, 0) is 9.59 Å². The Balaban J connectivity index is 1.37. The van der Waals surface area contributed by atoms with E-state index in [2.05, 4.69) is 11.0 Å². The molecule has 7 nitrogen and oxygen atoms in total. The van der Waals surface area contributed by atoms with Crippen molar-refractivity contribution >= 4 is 17.8 Å². The zero-order valence-corrected chi connectivity index (χ0v) is 20.2. The predicted octanol–water partition coefficient (Wildman–Crippen LogP) is 3.77. The zero-order valence-electron chi connectivity index (χ0n) is 20.2. The Hall–Kier alpha value is -2.41. The summed E-state index contributed by atoms with van der Waals surface area (Å²) in [4.78, 5) is 40.1. The molecule has 3 aliphatic rings. The molecular weight excluding hydrogens is 430 g/mol. The van der Waals surface area contributed by atoms with Gasteiger partial charge in [0.2, 0.25) is 11.8 Å². The number of nitrogens with zero attached hydrogens (tertiary/aromatic N) is 2. The molecule has 1 aromatic rings. The van der Waals surface area contributed by atoms with Gasteiger partial charge in [-0.3, -0.25) is 19.3 Å². The van der Waals surface area contributed by atoms with Crippen molar-refractivity contribution < 1.29 is 19.5 Å². The number of aliphatic carboxylic acids is 1. The van der Waals surface area contributed by atoms with E-state index in [1.165, 1.54) is 50.5 Å². The standard InChI is InChI=1S/C27H39N3O4/c28-27(34)21-8-4-7-20(15-21)22-16-23-9-10-24(17-22)30(23)14-13-29(25(31)11-12-26(32)33)18-19-5-2-1-3-6-19/h4,7-8,15,19,22-24H,1-3,5-6,9-14,16-18H2,(H2,28,34)(H,32,33). The third-order valence-corrected chi connectivity index (χ3v) is 8.26. The van der Waals surface area contributed by atoms with Gasteiger partial charge in [0.25, 0.3) is 0 Å². The molecular formula is C27H39N3O4. The number of carbonyl (C=O) groups excluding carboxylic acids is 2. The van der Waals surface area contributed by atoms with E-state index in [4.69, 9.17) is 10.8 Å². The van der Waals surface area contributed by atoms with E-state index >= 15 is 0 Å². The quantitative estimate of drug-likeness (QED) is 0.543. The van der Waals surface area contributed by atoms with E-state index in [0.29, 0.717) is 36.0 Å². The Morgan fingerprint density at radius 3 is 2.35 bits per heavy atom. The Morgan fingerprint density at radius 1 is 1.00 bits per heavy atom. The largest absolute Gasteiger partial charge is 0.481 e. The van der Waals surface area contributed by atoms with Gasteiger partial charge < -0.3 is 15.7 Å². The second kappa shape index (κ2) is 11.3. The van der Waals surface area contributed by atoms with E-state index in [0.717, 1.165) is 25.9 Å². The molecule has 2 amide bonds. The smallest absolute Gasteiger partial charge is 0.303 e. The maximum Gasteiger partial charge on any atom is 0.303 e. The van der Waals surface area contributed by atoms with Gasteiger partial charge in [0.05, 0.1) is 6.42 Å². The number of rotatable bonds is 10. The third kappa shape index (κ3) is 6.17. The number of hydrogen-bond donors (Lipinski definition) is 2. The van der Waals surface area contributed by atoms with Crippen LogP contribution in [0.15, 0.2) is 24.3 Å². The van der Waals surface area contributed by atoms with Crippen LogP contribution in [0.25, 0.3) is 0 Å². The molecule has 0 aromatic heterocycles. The van der Waals surface area contributed by atoms with E-state index < -0.39 is 5.97 Å². The molecule has 2 bridgehead atoms. The van der Waals surface area contributed by atoms with Crippen molar-refractivity contribution in [3.63, 3.8) is 0 Å².